The van der Waals surface area contributed by atoms with Crippen molar-refractivity contribution in [1.29, 1.82) is 0 Å². The van der Waals surface area contributed by atoms with E-state index in [4.69, 9.17) is 34.8 Å². The van der Waals surface area contributed by atoms with Crippen molar-refractivity contribution in [3.63, 3.8) is 0 Å². The molecule has 2 aromatic carbocycles. The van der Waals surface area contributed by atoms with Gasteiger partial charge in [0.2, 0.25) is 0 Å². The summed E-state index contributed by atoms with van der Waals surface area (Å²) in [5.41, 5.74) is 2.35. The van der Waals surface area contributed by atoms with Gasteiger partial charge in [0.15, 0.2) is 5.82 Å². The Bertz CT molecular complexity index is 789. The van der Waals surface area contributed by atoms with Crippen molar-refractivity contribution >= 4 is 34.8 Å². The van der Waals surface area contributed by atoms with Crippen molar-refractivity contribution in [3.8, 4) is 22.6 Å². The van der Waals surface area contributed by atoms with Crippen LogP contribution in [0, 0.1) is 0 Å². The Labute approximate surface area is 137 Å². The van der Waals surface area contributed by atoms with Gasteiger partial charge in [0.05, 0.1) is 10.7 Å². The molecule has 1 aromatic heterocycles. The molecule has 3 aromatic rings. The molecule has 0 saturated carbocycles. The highest BCUT2D eigenvalue weighted by Crippen LogP contribution is 2.30. The van der Waals surface area contributed by atoms with Gasteiger partial charge in [-0.15, -0.1) is 0 Å². The number of aromatic nitrogens is 2. The average molecular weight is 336 g/mol. The van der Waals surface area contributed by atoms with Crippen LogP contribution in [0.5, 0.6) is 0 Å². The minimum absolute atomic E-state index is 0.356. The number of hydrogen-bond donors (Lipinski definition) is 0. The maximum absolute atomic E-state index is 6.20. The molecule has 0 aliphatic rings. The van der Waals surface area contributed by atoms with Crippen LogP contribution < -0.4 is 0 Å². The highest BCUT2D eigenvalue weighted by Gasteiger charge is 2.11. The van der Waals surface area contributed by atoms with Gasteiger partial charge >= 0.3 is 0 Å². The lowest BCUT2D eigenvalue weighted by molar-refractivity contribution is 1.18. The van der Waals surface area contributed by atoms with E-state index in [2.05, 4.69) is 9.97 Å². The van der Waals surface area contributed by atoms with Crippen LogP contribution in [0.1, 0.15) is 0 Å². The smallest absolute Gasteiger partial charge is 0.163 e. The lowest BCUT2D eigenvalue weighted by Gasteiger charge is -2.07. The minimum Gasteiger partial charge on any atom is -0.228 e. The van der Waals surface area contributed by atoms with Gasteiger partial charge < -0.3 is 0 Å². The number of rotatable bonds is 2. The minimum atomic E-state index is 0.356. The molecule has 0 unspecified atom stereocenters. The van der Waals surface area contributed by atoms with Gasteiger partial charge in [-0.3, -0.25) is 0 Å². The molecule has 0 aliphatic heterocycles. The van der Waals surface area contributed by atoms with Gasteiger partial charge in [0.25, 0.3) is 0 Å². The van der Waals surface area contributed by atoms with Gasteiger partial charge in [0, 0.05) is 22.2 Å². The summed E-state index contributed by atoms with van der Waals surface area (Å²) in [6.45, 7) is 0. The first-order valence-electron chi connectivity index (χ1n) is 6.19. The van der Waals surface area contributed by atoms with Crippen molar-refractivity contribution in [3.05, 3.63) is 69.8 Å². The summed E-state index contributed by atoms with van der Waals surface area (Å²) in [7, 11) is 0. The number of nitrogens with zero attached hydrogens (tertiary/aromatic N) is 2. The van der Waals surface area contributed by atoms with Crippen LogP contribution in [-0.4, -0.2) is 9.97 Å². The van der Waals surface area contributed by atoms with Gasteiger partial charge in [-0.1, -0.05) is 65.1 Å². The molecule has 21 heavy (non-hydrogen) atoms. The largest absolute Gasteiger partial charge is 0.228 e. The molecule has 0 spiro atoms. The fourth-order valence-corrected chi connectivity index (χ4v) is 2.52. The summed E-state index contributed by atoms with van der Waals surface area (Å²) in [6, 6.07) is 16.6. The van der Waals surface area contributed by atoms with Crippen molar-refractivity contribution < 1.29 is 0 Å². The van der Waals surface area contributed by atoms with Crippen molar-refractivity contribution in [2.45, 2.75) is 0 Å². The Morgan fingerprint density at radius 2 is 1.52 bits per heavy atom. The molecule has 3 rings (SSSR count). The van der Waals surface area contributed by atoms with Crippen LogP contribution in [0.2, 0.25) is 15.2 Å². The fourth-order valence-electron chi connectivity index (χ4n) is 1.96. The summed E-state index contributed by atoms with van der Waals surface area (Å²) in [5.74, 6) is 0.453. The first-order chi connectivity index (χ1) is 10.1. The Kier molecular flexibility index (Phi) is 4.11. The molecule has 0 amide bonds. The fraction of sp³-hybridized carbons (Fsp3) is 0. The van der Waals surface area contributed by atoms with Crippen LogP contribution in [0.4, 0.5) is 0 Å². The van der Waals surface area contributed by atoms with E-state index in [1.807, 2.05) is 30.3 Å². The van der Waals surface area contributed by atoms with E-state index in [1.54, 1.807) is 24.3 Å². The zero-order valence-electron chi connectivity index (χ0n) is 10.7. The maximum Gasteiger partial charge on any atom is 0.163 e. The summed E-state index contributed by atoms with van der Waals surface area (Å²) in [6.07, 6.45) is 0. The summed E-state index contributed by atoms with van der Waals surface area (Å²) in [4.78, 5) is 8.78. The second-order valence-electron chi connectivity index (χ2n) is 4.39. The molecule has 0 fully saturated rings. The number of benzene rings is 2. The Balaban J connectivity index is 2.16. The topological polar surface area (TPSA) is 25.8 Å². The average Bonchev–Trinajstić information content (AvgIpc) is 2.50. The SMILES string of the molecule is Clc1ccc(Cl)c(-c2nc(Cl)cc(-c3ccccc3)n2)c1. The monoisotopic (exact) mass is 334 g/mol. The van der Waals surface area contributed by atoms with Gasteiger partial charge in [0.1, 0.15) is 5.15 Å². The Morgan fingerprint density at radius 1 is 0.762 bits per heavy atom. The van der Waals surface area contributed by atoms with Crippen molar-refractivity contribution in [2.24, 2.45) is 0 Å². The molecule has 0 atom stereocenters. The third kappa shape index (κ3) is 3.18. The zero-order valence-corrected chi connectivity index (χ0v) is 13.0. The van der Waals surface area contributed by atoms with E-state index in [0.717, 1.165) is 11.3 Å². The Hall–Kier alpha value is -1.61. The lowest BCUT2D eigenvalue weighted by Crippen LogP contribution is -1.93. The maximum atomic E-state index is 6.20. The Morgan fingerprint density at radius 3 is 2.29 bits per heavy atom. The molecule has 0 N–H and O–H groups in total. The number of halogens is 3. The lowest BCUT2D eigenvalue weighted by atomic mass is 10.1. The van der Waals surface area contributed by atoms with E-state index in [1.165, 1.54) is 0 Å². The molecule has 1 heterocycles. The van der Waals surface area contributed by atoms with Gasteiger partial charge in [-0.2, -0.15) is 0 Å². The van der Waals surface area contributed by atoms with Crippen LogP contribution in [0.15, 0.2) is 54.6 Å². The second kappa shape index (κ2) is 6.02. The van der Waals surface area contributed by atoms with E-state index in [9.17, 15) is 0 Å². The molecular weight excluding hydrogens is 327 g/mol. The molecule has 104 valence electrons. The summed E-state index contributed by atoms with van der Waals surface area (Å²) >= 11 is 18.3. The molecule has 0 bridgehead atoms. The highest BCUT2D eigenvalue weighted by atomic mass is 35.5. The van der Waals surface area contributed by atoms with Gasteiger partial charge in [-0.05, 0) is 18.2 Å². The third-order valence-electron chi connectivity index (χ3n) is 2.93. The second-order valence-corrected chi connectivity index (χ2v) is 5.62. The molecule has 0 radical (unpaired) electrons. The van der Waals surface area contributed by atoms with Crippen molar-refractivity contribution in [1.82, 2.24) is 9.97 Å². The van der Waals surface area contributed by atoms with Crippen LogP contribution >= 0.6 is 34.8 Å². The first kappa shape index (κ1) is 14.3. The molecule has 0 saturated heterocycles. The molecule has 2 nitrogen and oxygen atoms in total. The van der Waals surface area contributed by atoms with Crippen LogP contribution in [-0.2, 0) is 0 Å². The predicted octanol–water partition coefficient (Wildman–Crippen LogP) is 5.77. The van der Waals surface area contributed by atoms with E-state index >= 15 is 0 Å². The van der Waals surface area contributed by atoms with E-state index < -0.39 is 0 Å². The molecule has 5 heteroatoms. The van der Waals surface area contributed by atoms with Crippen molar-refractivity contribution in [2.75, 3.05) is 0 Å². The van der Waals surface area contributed by atoms with Crippen LogP contribution in [0.25, 0.3) is 22.6 Å². The number of hydrogen-bond acceptors (Lipinski definition) is 2. The molecular formula is C16H9Cl3N2. The normalized spacial score (nSPS) is 10.6. The summed E-state index contributed by atoms with van der Waals surface area (Å²) in [5, 5.41) is 1.45. The first-order valence-corrected chi connectivity index (χ1v) is 7.32. The van der Waals surface area contributed by atoms with Gasteiger partial charge in [-0.25, -0.2) is 9.97 Å². The molecule has 0 aliphatic carbocycles. The van der Waals surface area contributed by atoms with E-state index in [-0.39, 0.29) is 0 Å². The quantitative estimate of drug-likeness (QED) is 0.555. The van der Waals surface area contributed by atoms with E-state index in [0.29, 0.717) is 26.6 Å². The standard InChI is InChI=1S/C16H9Cl3N2/c17-11-6-7-13(18)12(8-11)16-20-14(9-15(19)21-16)10-4-2-1-3-5-10/h1-9H. The third-order valence-corrected chi connectivity index (χ3v) is 3.69. The van der Waals surface area contributed by atoms with Crippen LogP contribution in [0.3, 0.4) is 0 Å². The predicted molar refractivity (Wildman–Crippen MR) is 87.9 cm³/mol. The summed E-state index contributed by atoms with van der Waals surface area (Å²) < 4.78 is 0. The zero-order chi connectivity index (χ0) is 14.8. The highest BCUT2D eigenvalue weighted by molar-refractivity contribution is 6.35.